The number of para-hydroxylation sites is 1. The normalized spacial score (nSPS) is 24.3. The minimum absolute atomic E-state index is 0.104. The highest BCUT2D eigenvalue weighted by Gasteiger charge is 2.38. The second-order valence-corrected chi connectivity index (χ2v) is 11.8. The molecule has 0 amide bonds. The number of benzene rings is 1. The van der Waals surface area contributed by atoms with E-state index in [0.717, 1.165) is 63.9 Å². The number of unbranched alkanes of at least 4 members (excludes halogenated alkanes) is 5. The van der Waals surface area contributed by atoms with E-state index in [0.29, 0.717) is 30.4 Å². The third-order valence-electron chi connectivity index (χ3n) is 9.23. The van der Waals surface area contributed by atoms with Gasteiger partial charge in [-0.1, -0.05) is 63.0 Å². The highest BCUT2D eigenvalue weighted by Crippen LogP contribution is 2.45. The highest BCUT2D eigenvalue weighted by atomic mass is 16.5. The van der Waals surface area contributed by atoms with Gasteiger partial charge in [-0.15, -0.1) is 0 Å². The molecule has 2 fully saturated rings. The number of hydrogen-bond donors (Lipinski definition) is 0. The number of ketones is 1. The lowest BCUT2D eigenvalue weighted by Gasteiger charge is -2.36. The zero-order valence-corrected chi connectivity index (χ0v) is 23.8. The van der Waals surface area contributed by atoms with E-state index in [1.165, 1.54) is 43.5 Å². The minimum Gasteiger partial charge on any atom is -0.462 e. The van der Waals surface area contributed by atoms with Crippen LogP contribution in [0.1, 0.15) is 78.1 Å². The van der Waals surface area contributed by atoms with Crippen LogP contribution >= 0.6 is 0 Å². The van der Waals surface area contributed by atoms with Crippen LogP contribution in [-0.4, -0.2) is 56.0 Å². The molecule has 3 aliphatic rings. The average Bonchev–Trinajstić information content (AvgIpc) is 3.12. The first-order chi connectivity index (χ1) is 18.4. The van der Waals surface area contributed by atoms with Crippen molar-refractivity contribution in [1.82, 2.24) is 4.90 Å². The molecular weight excluding hydrogens is 472 g/mol. The summed E-state index contributed by atoms with van der Waals surface area (Å²) in [7, 11) is 0. The molecule has 4 rings (SSSR count). The number of allylic oxidation sites excluding steroid dienone is 2. The van der Waals surface area contributed by atoms with E-state index in [1.54, 1.807) is 0 Å². The molecule has 1 aliphatic heterocycles. The van der Waals surface area contributed by atoms with Crippen molar-refractivity contribution in [2.45, 2.75) is 78.1 Å². The van der Waals surface area contributed by atoms with Crippen LogP contribution in [0.5, 0.6) is 0 Å². The van der Waals surface area contributed by atoms with E-state index < -0.39 is 0 Å². The Bertz CT molecular complexity index is 977. The topological polar surface area (TPSA) is 49.9 Å². The zero-order valence-electron chi connectivity index (χ0n) is 23.8. The van der Waals surface area contributed by atoms with Gasteiger partial charge in [-0.2, -0.15) is 0 Å². The number of carbonyl (C=O) groups excluding carboxylic acids is 2. The van der Waals surface area contributed by atoms with Crippen molar-refractivity contribution in [3.8, 4) is 0 Å². The molecule has 0 bridgehead atoms. The Morgan fingerprint density at radius 1 is 0.947 bits per heavy atom. The number of Topliss-reactive ketones (excluding diaryl/α,β-unsaturated/α-hetero) is 1. The molecule has 0 aromatic heterocycles. The average molecular weight is 521 g/mol. The number of fused-ring (bicyclic) bond motifs is 1. The van der Waals surface area contributed by atoms with Crippen LogP contribution < -0.4 is 4.90 Å². The second-order valence-electron chi connectivity index (χ2n) is 11.8. The summed E-state index contributed by atoms with van der Waals surface area (Å²) in [5.41, 5.74) is 4.14. The van der Waals surface area contributed by atoms with Gasteiger partial charge in [-0.25, -0.2) is 4.79 Å². The van der Waals surface area contributed by atoms with E-state index in [9.17, 15) is 9.59 Å². The largest absolute Gasteiger partial charge is 0.462 e. The standard InChI is InChI=1S/C33H48N2O3/c1-25-15-16-28(23-31-27(3)32(36)24-30(25)31)26(2)33(37)38-22-12-7-5-4-6-11-17-34-18-20-35(21-19-34)29-13-9-8-10-14-29/h8-10,13-14,25,28,30H,2,4-7,11-12,15-24H2,1,3H3/t25-,28?,30-/m1/s1. The number of hydrogen-bond acceptors (Lipinski definition) is 5. The molecule has 1 aromatic carbocycles. The Labute approximate surface area is 230 Å². The fourth-order valence-electron chi connectivity index (χ4n) is 6.55. The van der Waals surface area contributed by atoms with Gasteiger partial charge in [-0.05, 0) is 81.0 Å². The summed E-state index contributed by atoms with van der Waals surface area (Å²) in [6, 6.07) is 10.7. The number of esters is 1. The first-order valence-electron chi connectivity index (χ1n) is 15.0. The molecule has 3 atom stereocenters. The van der Waals surface area contributed by atoms with Gasteiger partial charge in [-0.3, -0.25) is 9.69 Å². The maximum absolute atomic E-state index is 12.7. The first-order valence-corrected chi connectivity index (χ1v) is 15.0. The third-order valence-corrected chi connectivity index (χ3v) is 9.23. The Kier molecular flexibility index (Phi) is 10.6. The fourth-order valence-corrected chi connectivity index (χ4v) is 6.55. The van der Waals surface area contributed by atoms with Crippen LogP contribution in [-0.2, 0) is 14.3 Å². The maximum Gasteiger partial charge on any atom is 0.333 e. The van der Waals surface area contributed by atoms with Crippen molar-refractivity contribution < 1.29 is 14.3 Å². The molecule has 0 radical (unpaired) electrons. The molecule has 0 N–H and O–H groups in total. The van der Waals surface area contributed by atoms with Gasteiger partial charge in [0.15, 0.2) is 5.78 Å². The van der Waals surface area contributed by atoms with E-state index in [-0.39, 0.29) is 17.7 Å². The Morgan fingerprint density at radius 2 is 1.63 bits per heavy atom. The van der Waals surface area contributed by atoms with Gasteiger partial charge < -0.3 is 9.64 Å². The third kappa shape index (κ3) is 7.59. The summed E-state index contributed by atoms with van der Waals surface area (Å²) in [6.45, 7) is 14.6. The van der Waals surface area contributed by atoms with Gasteiger partial charge >= 0.3 is 5.97 Å². The van der Waals surface area contributed by atoms with Crippen LogP contribution in [0.25, 0.3) is 0 Å². The predicted octanol–water partition coefficient (Wildman–Crippen LogP) is 6.59. The van der Waals surface area contributed by atoms with Gasteiger partial charge in [0.25, 0.3) is 0 Å². The Morgan fingerprint density at radius 3 is 2.37 bits per heavy atom. The molecule has 0 spiro atoms. The van der Waals surface area contributed by atoms with Crippen LogP contribution in [0.2, 0.25) is 0 Å². The Balaban J connectivity index is 1.03. The Hall–Kier alpha value is -2.40. The van der Waals surface area contributed by atoms with Crippen molar-refractivity contribution in [1.29, 1.82) is 0 Å². The predicted molar refractivity (Wildman–Crippen MR) is 155 cm³/mol. The summed E-state index contributed by atoms with van der Waals surface area (Å²) in [4.78, 5) is 30.0. The van der Waals surface area contributed by atoms with Crippen LogP contribution in [0.3, 0.4) is 0 Å². The number of ether oxygens (including phenoxy) is 1. The molecule has 1 unspecified atom stereocenters. The number of carbonyl (C=O) groups is 2. The molecule has 1 saturated heterocycles. The smallest absolute Gasteiger partial charge is 0.333 e. The van der Waals surface area contributed by atoms with Gasteiger partial charge in [0.2, 0.25) is 0 Å². The summed E-state index contributed by atoms with van der Waals surface area (Å²) >= 11 is 0. The SMILES string of the molecule is C=C(C(=O)OCCCCCCCCN1CCN(c2ccccc2)CC1)C1CC[C@@H](C)[C@H]2CC(=O)C(C)=C2C1. The van der Waals surface area contributed by atoms with E-state index in [2.05, 4.69) is 53.6 Å². The van der Waals surface area contributed by atoms with Gasteiger partial charge in [0, 0.05) is 43.9 Å². The monoisotopic (exact) mass is 520 g/mol. The molecular formula is C33H48N2O3. The lowest BCUT2D eigenvalue weighted by atomic mass is 9.86. The summed E-state index contributed by atoms with van der Waals surface area (Å²) < 4.78 is 5.60. The summed E-state index contributed by atoms with van der Waals surface area (Å²) in [5, 5.41) is 0. The lowest BCUT2D eigenvalue weighted by Crippen LogP contribution is -2.46. The number of rotatable bonds is 12. The molecule has 38 heavy (non-hydrogen) atoms. The quantitative estimate of drug-likeness (QED) is 0.177. The molecule has 1 aromatic rings. The summed E-state index contributed by atoms with van der Waals surface area (Å²) in [6.07, 6.45) is 10.4. The number of piperazine rings is 1. The van der Waals surface area contributed by atoms with E-state index in [1.807, 2.05) is 6.92 Å². The van der Waals surface area contributed by atoms with Crippen molar-refractivity contribution in [2.75, 3.05) is 44.2 Å². The van der Waals surface area contributed by atoms with Crippen LogP contribution in [0, 0.1) is 17.8 Å². The van der Waals surface area contributed by atoms with Crippen LogP contribution in [0.15, 0.2) is 53.6 Å². The molecule has 5 nitrogen and oxygen atoms in total. The van der Waals surface area contributed by atoms with Crippen molar-refractivity contribution in [3.63, 3.8) is 0 Å². The molecule has 1 saturated carbocycles. The fraction of sp³-hybridized carbons (Fsp3) is 0.636. The number of nitrogens with zero attached hydrogens (tertiary/aromatic N) is 2. The molecule has 5 heteroatoms. The minimum atomic E-state index is -0.240. The lowest BCUT2D eigenvalue weighted by molar-refractivity contribution is -0.139. The van der Waals surface area contributed by atoms with Gasteiger partial charge in [0.1, 0.15) is 0 Å². The van der Waals surface area contributed by atoms with Crippen molar-refractivity contribution in [3.05, 3.63) is 53.6 Å². The van der Waals surface area contributed by atoms with E-state index >= 15 is 0 Å². The highest BCUT2D eigenvalue weighted by molar-refractivity contribution is 5.98. The van der Waals surface area contributed by atoms with Crippen molar-refractivity contribution >= 4 is 17.4 Å². The second kappa shape index (κ2) is 14.1. The number of anilines is 1. The van der Waals surface area contributed by atoms with Gasteiger partial charge in [0.05, 0.1) is 6.61 Å². The zero-order chi connectivity index (χ0) is 26.9. The molecule has 2 aliphatic carbocycles. The van der Waals surface area contributed by atoms with E-state index in [4.69, 9.17) is 4.74 Å². The summed E-state index contributed by atoms with van der Waals surface area (Å²) in [5.74, 6) is 1.00. The maximum atomic E-state index is 12.7. The molecule has 1 heterocycles. The van der Waals surface area contributed by atoms with Crippen molar-refractivity contribution in [2.24, 2.45) is 17.8 Å². The first kappa shape index (κ1) is 28.6. The van der Waals surface area contributed by atoms with Crippen LogP contribution in [0.4, 0.5) is 5.69 Å². The molecule has 208 valence electrons.